The van der Waals surface area contributed by atoms with Crippen LogP contribution in [0.4, 0.5) is 4.79 Å². The number of aliphatic hydroxyl groups excluding tert-OH is 1. The highest BCUT2D eigenvalue weighted by molar-refractivity contribution is 6.08. The van der Waals surface area contributed by atoms with Crippen LogP contribution in [-0.4, -0.2) is 46.9 Å². The molecular formula is C25H27ClN3O6. The van der Waals surface area contributed by atoms with Crippen molar-refractivity contribution >= 4 is 30.1 Å². The van der Waals surface area contributed by atoms with Gasteiger partial charge in [0.15, 0.2) is 5.76 Å². The third-order valence-corrected chi connectivity index (χ3v) is 5.84. The van der Waals surface area contributed by atoms with E-state index in [-0.39, 0.29) is 35.9 Å². The molecule has 0 saturated carbocycles. The molecule has 0 spiro atoms. The van der Waals surface area contributed by atoms with Gasteiger partial charge in [-0.05, 0) is 43.9 Å². The Hall–Kier alpha value is -3.72. The van der Waals surface area contributed by atoms with Gasteiger partial charge in [-0.2, -0.15) is 0 Å². The summed E-state index contributed by atoms with van der Waals surface area (Å²) in [5.41, 5.74) is 6.69. The Morgan fingerprint density at radius 2 is 1.83 bits per heavy atom. The number of amides is 3. The number of ether oxygens (including phenoxy) is 2. The Kier molecular flexibility index (Phi) is 8.59. The fourth-order valence-corrected chi connectivity index (χ4v) is 3.90. The van der Waals surface area contributed by atoms with Gasteiger partial charge in [-0.15, -0.1) is 12.4 Å². The van der Waals surface area contributed by atoms with E-state index in [9.17, 15) is 19.5 Å². The lowest BCUT2D eigenvalue weighted by atomic mass is 10.0. The number of Topliss-reactive ketones (excluding diaryl/α,β-unsaturated/α-hetero) is 1. The standard InChI is InChI=1S/C25H26N3O6.ClH/c26-25(32)28-12-3-4-18(11-13-28)27-24(31)17-9-7-16(8-10-17)23(30)22-15-33-21(14-34-22)19-5-1-2-6-20(19)29;/h2,6-11,14-15,18,29H,1,3-5,12-13H2,(H2,26,32)(H,27,31);1H/t18-;/m0./s1. The van der Waals surface area contributed by atoms with Crippen LogP contribution in [0.3, 0.4) is 0 Å². The number of benzene rings is 1. The minimum absolute atomic E-state index is 0. The topological polar surface area (TPSA) is 131 Å². The van der Waals surface area contributed by atoms with Crippen molar-refractivity contribution in [3.05, 3.63) is 89.3 Å². The largest absolute Gasteiger partial charge is 0.508 e. The minimum Gasteiger partial charge on any atom is -0.508 e. The highest BCUT2D eigenvalue weighted by Crippen LogP contribution is 2.28. The van der Waals surface area contributed by atoms with Crippen LogP contribution in [-0.2, 0) is 9.47 Å². The van der Waals surface area contributed by atoms with Gasteiger partial charge in [-0.25, -0.2) is 4.79 Å². The highest BCUT2D eigenvalue weighted by Gasteiger charge is 2.23. The fourth-order valence-electron chi connectivity index (χ4n) is 3.90. The van der Waals surface area contributed by atoms with Crippen molar-refractivity contribution in [1.29, 1.82) is 0 Å². The first-order valence-corrected chi connectivity index (χ1v) is 11.1. The van der Waals surface area contributed by atoms with Gasteiger partial charge in [0, 0.05) is 42.3 Å². The Bertz CT molecular complexity index is 1110. The first kappa shape index (κ1) is 25.9. The number of halogens is 1. The van der Waals surface area contributed by atoms with Crippen molar-refractivity contribution in [2.45, 2.75) is 31.7 Å². The molecule has 1 atom stereocenters. The molecule has 2 aliphatic heterocycles. The van der Waals surface area contributed by atoms with E-state index in [2.05, 4.69) is 5.32 Å². The number of nitrogens with two attached hydrogens (primary N) is 1. The third kappa shape index (κ3) is 6.24. The Morgan fingerprint density at radius 3 is 2.49 bits per heavy atom. The number of nitrogens with one attached hydrogen (secondary N) is 1. The van der Waals surface area contributed by atoms with Crippen LogP contribution in [0.15, 0.2) is 71.8 Å². The number of ketones is 1. The molecule has 3 amide bonds. The van der Waals surface area contributed by atoms with Gasteiger partial charge in [-0.1, -0.05) is 18.2 Å². The fraction of sp³-hybridized carbons (Fsp3) is 0.280. The number of likely N-dealkylation sites (tertiary alicyclic amines) is 1. The number of aliphatic hydroxyl groups is 1. The number of hydrogen-bond acceptors (Lipinski definition) is 6. The molecule has 0 unspecified atom stereocenters. The molecule has 4 rings (SSSR count). The van der Waals surface area contributed by atoms with Crippen molar-refractivity contribution in [3.8, 4) is 0 Å². The van der Waals surface area contributed by atoms with E-state index in [1.54, 1.807) is 30.3 Å². The summed E-state index contributed by atoms with van der Waals surface area (Å²) in [5.74, 6) is -0.192. The van der Waals surface area contributed by atoms with E-state index in [0.717, 1.165) is 12.8 Å². The van der Waals surface area contributed by atoms with Crippen molar-refractivity contribution < 1.29 is 29.0 Å². The van der Waals surface area contributed by atoms with Crippen LogP contribution in [0.2, 0.25) is 0 Å². The van der Waals surface area contributed by atoms with Crippen LogP contribution in [0.1, 0.15) is 46.4 Å². The Labute approximate surface area is 209 Å². The number of urea groups is 1. The number of nitrogens with zero attached hydrogens (tertiary/aromatic N) is 1. The first-order chi connectivity index (χ1) is 16.4. The summed E-state index contributed by atoms with van der Waals surface area (Å²) in [6, 6.07) is 5.58. The van der Waals surface area contributed by atoms with Crippen LogP contribution in [0, 0.1) is 6.42 Å². The van der Waals surface area contributed by atoms with Crippen molar-refractivity contribution in [2.75, 3.05) is 13.1 Å². The van der Waals surface area contributed by atoms with Gasteiger partial charge >= 0.3 is 6.03 Å². The number of rotatable bonds is 5. The molecule has 1 saturated heterocycles. The van der Waals surface area contributed by atoms with Gasteiger partial charge in [0.05, 0.1) is 0 Å². The zero-order valence-corrected chi connectivity index (χ0v) is 19.8. The molecular weight excluding hydrogens is 474 g/mol. The number of primary amides is 1. The summed E-state index contributed by atoms with van der Waals surface area (Å²) in [7, 11) is 0. The molecule has 1 radical (unpaired) electrons. The molecule has 1 aliphatic carbocycles. The number of carbonyl (C=O) groups is 3. The van der Waals surface area contributed by atoms with Gasteiger partial charge in [0.2, 0.25) is 11.5 Å². The predicted molar refractivity (Wildman–Crippen MR) is 130 cm³/mol. The molecule has 1 aromatic rings. The molecule has 35 heavy (non-hydrogen) atoms. The van der Waals surface area contributed by atoms with Gasteiger partial charge < -0.3 is 30.5 Å². The van der Waals surface area contributed by atoms with Crippen LogP contribution in [0.25, 0.3) is 0 Å². The molecule has 0 bridgehead atoms. The van der Waals surface area contributed by atoms with E-state index >= 15 is 0 Å². The van der Waals surface area contributed by atoms with Gasteiger partial charge in [0.25, 0.3) is 5.91 Å². The van der Waals surface area contributed by atoms with Crippen LogP contribution < -0.4 is 11.1 Å². The highest BCUT2D eigenvalue weighted by atomic mass is 35.5. The van der Waals surface area contributed by atoms with Crippen molar-refractivity contribution in [3.63, 3.8) is 0 Å². The second kappa shape index (κ2) is 11.6. The first-order valence-electron chi connectivity index (χ1n) is 11.1. The predicted octanol–water partition coefficient (Wildman–Crippen LogP) is 3.66. The van der Waals surface area contributed by atoms with Crippen molar-refractivity contribution in [1.82, 2.24) is 10.2 Å². The van der Waals surface area contributed by atoms with Gasteiger partial charge in [-0.3, -0.25) is 9.59 Å². The van der Waals surface area contributed by atoms with E-state index in [0.29, 0.717) is 48.4 Å². The van der Waals surface area contributed by atoms with Crippen LogP contribution in [0.5, 0.6) is 0 Å². The summed E-state index contributed by atoms with van der Waals surface area (Å²) in [4.78, 5) is 38.2. The lowest BCUT2D eigenvalue weighted by molar-refractivity contribution is 0.0930. The van der Waals surface area contributed by atoms with E-state index < -0.39 is 11.8 Å². The molecule has 1 aromatic carbocycles. The molecule has 2 heterocycles. The zero-order chi connectivity index (χ0) is 24.1. The zero-order valence-electron chi connectivity index (χ0n) is 18.9. The lowest BCUT2D eigenvalue weighted by Crippen LogP contribution is -2.39. The lowest BCUT2D eigenvalue weighted by Gasteiger charge is -2.19. The van der Waals surface area contributed by atoms with E-state index in [4.69, 9.17) is 15.2 Å². The third-order valence-electron chi connectivity index (χ3n) is 5.84. The monoisotopic (exact) mass is 500 g/mol. The molecule has 4 N–H and O–H groups in total. The van der Waals surface area contributed by atoms with E-state index in [1.807, 2.05) is 12.5 Å². The number of allylic oxidation sites excluding steroid dienone is 4. The van der Waals surface area contributed by atoms with Crippen LogP contribution >= 0.6 is 12.4 Å². The second-order valence-corrected chi connectivity index (χ2v) is 8.15. The smallest absolute Gasteiger partial charge is 0.314 e. The number of hydrogen-bond donors (Lipinski definition) is 3. The molecule has 0 aromatic heterocycles. The maximum absolute atomic E-state index is 12.7. The van der Waals surface area contributed by atoms with Crippen molar-refractivity contribution in [2.24, 2.45) is 5.73 Å². The minimum atomic E-state index is -0.473. The quantitative estimate of drug-likeness (QED) is 0.529. The molecule has 3 aliphatic rings. The maximum Gasteiger partial charge on any atom is 0.314 e. The summed E-state index contributed by atoms with van der Waals surface area (Å²) < 4.78 is 11.0. The summed E-state index contributed by atoms with van der Waals surface area (Å²) in [5, 5.41) is 12.9. The molecule has 10 heteroatoms. The average Bonchev–Trinajstić information content (AvgIpc) is 3.10. The SMILES string of the molecule is Cl.NC(=O)N1C[CH][C@@H](NC(=O)c2ccc(C(=O)C3=COC(C4=C(O)C=CCC4)=CO3)cc2)CCC1. The molecule has 185 valence electrons. The van der Waals surface area contributed by atoms with E-state index in [1.165, 1.54) is 17.4 Å². The molecule has 1 fully saturated rings. The maximum atomic E-state index is 12.7. The summed E-state index contributed by atoms with van der Waals surface area (Å²) >= 11 is 0. The number of carbonyl (C=O) groups excluding carboxylic acids is 3. The summed E-state index contributed by atoms with van der Waals surface area (Å²) in [6.45, 7) is 0.942. The average molecular weight is 501 g/mol. The Balaban J connectivity index is 0.00000342. The summed E-state index contributed by atoms with van der Waals surface area (Å²) in [6.07, 6.45) is 10.7. The second-order valence-electron chi connectivity index (χ2n) is 8.15. The molecule has 9 nitrogen and oxygen atoms in total. The Morgan fingerprint density at radius 1 is 1.09 bits per heavy atom. The normalized spacial score (nSPS) is 19.8. The van der Waals surface area contributed by atoms with Gasteiger partial charge in [0.1, 0.15) is 18.3 Å².